The number of benzene rings is 1. The monoisotopic (exact) mass is 233 g/mol. The summed E-state index contributed by atoms with van der Waals surface area (Å²) in [6.07, 6.45) is 0. The van der Waals surface area contributed by atoms with Gasteiger partial charge in [-0.3, -0.25) is 0 Å². The molecular weight excluding hydrogens is 230 g/mol. The molecule has 0 aliphatic heterocycles. The van der Waals surface area contributed by atoms with E-state index in [1.54, 1.807) is 0 Å². The molecule has 0 aromatic heterocycles. The molecule has 0 saturated heterocycles. The Bertz CT molecular complexity index is 517. The van der Waals surface area contributed by atoms with Crippen molar-refractivity contribution in [3.8, 4) is 17.6 Å². The highest BCUT2D eigenvalue weighted by atomic mass is 35.7. The lowest BCUT2D eigenvalue weighted by Crippen LogP contribution is -1.96. The van der Waals surface area contributed by atoms with Crippen LogP contribution in [0.25, 0.3) is 0 Å². The van der Waals surface area contributed by atoms with Gasteiger partial charge in [0.25, 0.3) is 9.05 Å². The molecule has 0 aliphatic carbocycles. The van der Waals surface area contributed by atoms with Crippen molar-refractivity contribution in [2.24, 2.45) is 0 Å². The van der Waals surface area contributed by atoms with E-state index in [0.717, 1.165) is 12.1 Å². The Morgan fingerprint density at radius 1 is 1.29 bits per heavy atom. The lowest BCUT2D eigenvalue weighted by Gasteiger charge is -2.03. The Morgan fingerprint density at radius 2 is 1.79 bits per heavy atom. The highest BCUT2D eigenvalue weighted by Crippen LogP contribution is 2.34. The third-order valence-electron chi connectivity index (χ3n) is 1.47. The van der Waals surface area contributed by atoms with Gasteiger partial charge in [-0.1, -0.05) is 0 Å². The van der Waals surface area contributed by atoms with Crippen molar-refractivity contribution in [3.63, 3.8) is 0 Å². The number of nitriles is 1. The minimum Gasteiger partial charge on any atom is -0.507 e. The van der Waals surface area contributed by atoms with E-state index < -0.39 is 31.0 Å². The normalized spacial score (nSPS) is 10.9. The largest absolute Gasteiger partial charge is 0.507 e. The first-order valence-electron chi connectivity index (χ1n) is 3.27. The maximum atomic E-state index is 10.9. The molecule has 0 bridgehead atoms. The molecule has 5 nitrogen and oxygen atoms in total. The molecule has 14 heavy (non-hydrogen) atoms. The number of phenols is 2. The average molecular weight is 234 g/mol. The van der Waals surface area contributed by atoms with Crippen LogP contribution in [-0.2, 0) is 9.05 Å². The predicted octanol–water partition coefficient (Wildman–Crippen LogP) is 0.897. The summed E-state index contributed by atoms with van der Waals surface area (Å²) in [6.45, 7) is 0. The van der Waals surface area contributed by atoms with Crippen LogP contribution in [0.4, 0.5) is 0 Å². The summed E-state index contributed by atoms with van der Waals surface area (Å²) in [4.78, 5) is -0.776. The van der Waals surface area contributed by atoms with E-state index in [1.165, 1.54) is 6.07 Å². The average Bonchev–Trinajstić information content (AvgIpc) is 2.06. The first-order chi connectivity index (χ1) is 6.38. The van der Waals surface area contributed by atoms with E-state index in [1.807, 2.05) is 0 Å². The lowest BCUT2D eigenvalue weighted by molar-refractivity contribution is 0.444. The van der Waals surface area contributed by atoms with Crippen LogP contribution in [0.2, 0.25) is 0 Å². The zero-order valence-electron chi connectivity index (χ0n) is 6.60. The summed E-state index contributed by atoms with van der Waals surface area (Å²) in [5, 5.41) is 26.8. The molecule has 0 amide bonds. The number of aromatic hydroxyl groups is 2. The van der Waals surface area contributed by atoms with Crippen molar-refractivity contribution < 1.29 is 18.6 Å². The molecule has 0 unspecified atom stereocenters. The molecule has 0 fully saturated rings. The molecule has 1 rings (SSSR count). The third-order valence-corrected chi connectivity index (χ3v) is 2.83. The van der Waals surface area contributed by atoms with E-state index in [4.69, 9.17) is 26.2 Å². The molecule has 1 aromatic rings. The maximum absolute atomic E-state index is 10.9. The SMILES string of the molecule is N#Cc1c(O)ccc(O)c1S(=O)(=O)Cl. The zero-order valence-corrected chi connectivity index (χ0v) is 8.17. The van der Waals surface area contributed by atoms with Gasteiger partial charge in [0.2, 0.25) is 0 Å². The van der Waals surface area contributed by atoms with Gasteiger partial charge in [-0.15, -0.1) is 0 Å². The molecule has 7 heteroatoms. The second kappa shape index (κ2) is 3.36. The number of hydrogen-bond acceptors (Lipinski definition) is 5. The summed E-state index contributed by atoms with van der Waals surface area (Å²) in [5.41, 5.74) is -0.569. The Morgan fingerprint density at radius 3 is 2.14 bits per heavy atom. The first-order valence-corrected chi connectivity index (χ1v) is 5.58. The summed E-state index contributed by atoms with van der Waals surface area (Å²) >= 11 is 0. The summed E-state index contributed by atoms with van der Waals surface area (Å²) < 4.78 is 21.9. The second-order valence-electron chi connectivity index (χ2n) is 2.36. The van der Waals surface area contributed by atoms with Gasteiger partial charge in [0.1, 0.15) is 28.0 Å². The molecule has 0 spiro atoms. The maximum Gasteiger partial charge on any atom is 0.266 e. The van der Waals surface area contributed by atoms with Crippen LogP contribution >= 0.6 is 10.7 Å². The number of rotatable bonds is 1. The fourth-order valence-electron chi connectivity index (χ4n) is 0.916. The van der Waals surface area contributed by atoms with Gasteiger partial charge in [0, 0.05) is 10.7 Å². The smallest absolute Gasteiger partial charge is 0.266 e. The Labute approximate surface area is 84.2 Å². The van der Waals surface area contributed by atoms with Crippen molar-refractivity contribution in [2.45, 2.75) is 4.90 Å². The standard InChI is InChI=1S/C7H4ClNO4S/c8-14(12,13)7-4(3-9)5(10)1-2-6(7)11/h1-2,10-11H. The van der Waals surface area contributed by atoms with Gasteiger partial charge in [-0.25, -0.2) is 8.42 Å². The molecule has 74 valence electrons. The lowest BCUT2D eigenvalue weighted by atomic mass is 10.2. The molecule has 0 atom stereocenters. The Kier molecular flexibility index (Phi) is 2.55. The van der Waals surface area contributed by atoms with Gasteiger partial charge in [-0.2, -0.15) is 5.26 Å². The van der Waals surface area contributed by atoms with Crippen LogP contribution in [-0.4, -0.2) is 18.6 Å². The van der Waals surface area contributed by atoms with E-state index in [0.29, 0.717) is 0 Å². The number of phenolic OH excluding ortho intramolecular Hbond substituents is 2. The van der Waals surface area contributed by atoms with Crippen molar-refractivity contribution in [1.29, 1.82) is 5.26 Å². The van der Waals surface area contributed by atoms with Gasteiger partial charge in [0.05, 0.1) is 0 Å². The highest BCUT2D eigenvalue weighted by molar-refractivity contribution is 8.13. The molecule has 0 aliphatic rings. The van der Waals surface area contributed by atoms with Crippen LogP contribution < -0.4 is 0 Å². The molecular formula is C7H4ClNO4S. The fourth-order valence-corrected chi connectivity index (χ4v) is 2.10. The minimum absolute atomic E-state index is 0.551. The van der Waals surface area contributed by atoms with Crippen LogP contribution in [0.15, 0.2) is 17.0 Å². The van der Waals surface area contributed by atoms with E-state index >= 15 is 0 Å². The zero-order chi connectivity index (χ0) is 10.9. The summed E-state index contributed by atoms with van der Waals surface area (Å²) in [7, 11) is 0.711. The molecule has 0 radical (unpaired) electrons. The van der Waals surface area contributed by atoms with Crippen molar-refractivity contribution in [1.82, 2.24) is 0 Å². The van der Waals surface area contributed by atoms with Gasteiger partial charge in [0.15, 0.2) is 0 Å². The van der Waals surface area contributed by atoms with E-state index in [-0.39, 0.29) is 0 Å². The van der Waals surface area contributed by atoms with Crippen LogP contribution in [0, 0.1) is 11.3 Å². The van der Waals surface area contributed by atoms with Gasteiger partial charge >= 0.3 is 0 Å². The van der Waals surface area contributed by atoms with E-state index in [9.17, 15) is 8.42 Å². The Hall–Kier alpha value is -1.45. The topological polar surface area (TPSA) is 98.4 Å². The molecule has 1 aromatic carbocycles. The van der Waals surface area contributed by atoms with Crippen LogP contribution in [0.1, 0.15) is 5.56 Å². The molecule has 2 N–H and O–H groups in total. The molecule has 0 saturated carbocycles. The molecule has 0 heterocycles. The van der Waals surface area contributed by atoms with E-state index in [2.05, 4.69) is 0 Å². The predicted molar refractivity (Wildman–Crippen MR) is 47.5 cm³/mol. The summed E-state index contributed by atoms with van der Waals surface area (Å²) in [5.74, 6) is -1.22. The number of hydrogen-bond donors (Lipinski definition) is 2. The second-order valence-corrected chi connectivity index (χ2v) is 4.86. The van der Waals surface area contributed by atoms with Gasteiger partial charge < -0.3 is 10.2 Å². The Balaban J connectivity index is 3.74. The fraction of sp³-hybridized carbons (Fsp3) is 0. The highest BCUT2D eigenvalue weighted by Gasteiger charge is 2.23. The van der Waals surface area contributed by atoms with Crippen LogP contribution in [0.5, 0.6) is 11.5 Å². The van der Waals surface area contributed by atoms with Crippen molar-refractivity contribution in [3.05, 3.63) is 17.7 Å². The third kappa shape index (κ3) is 1.73. The van der Waals surface area contributed by atoms with Gasteiger partial charge in [-0.05, 0) is 12.1 Å². The number of halogens is 1. The minimum atomic E-state index is -4.26. The van der Waals surface area contributed by atoms with Crippen molar-refractivity contribution >= 4 is 19.7 Å². The number of nitrogens with zero attached hydrogens (tertiary/aromatic N) is 1. The van der Waals surface area contributed by atoms with Crippen LogP contribution in [0.3, 0.4) is 0 Å². The summed E-state index contributed by atoms with van der Waals surface area (Å²) in [6, 6.07) is 3.37. The first kappa shape index (κ1) is 10.6. The van der Waals surface area contributed by atoms with Crippen molar-refractivity contribution in [2.75, 3.05) is 0 Å². The quantitative estimate of drug-likeness (QED) is 0.555.